The fourth-order valence-corrected chi connectivity index (χ4v) is 5.55. The largest absolute Gasteiger partial charge is 0.493 e. The number of aryl methyl sites for hydroxylation is 1. The van der Waals surface area contributed by atoms with Crippen molar-refractivity contribution in [2.75, 3.05) is 33.9 Å². The van der Waals surface area contributed by atoms with Crippen molar-refractivity contribution in [3.8, 4) is 11.5 Å². The van der Waals surface area contributed by atoms with E-state index in [-0.39, 0.29) is 4.90 Å². The van der Waals surface area contributed by atoms with Gasteiger partial charge in [-0.2, -0.15) is 8.42 Å². The van der Waals surface area contributed by atoms with Crippen LogP contribution >= 0.6 is 0 Å². The number of piperazine rings is 1. The second-order valence-corrected chi connectivity index (χ2v) is 10.7. The van der Waals surface area contributed by atoms with Crippen LogP contribution in [0.25, 0.3) is 0 Å². The Balaban J connectivity index is 1.32. The Morgan fingerprint density at radius 3 is 2.37 bits per heavy atom. The molecule has 35 heavy (non-hydrogen) atoms. The van der Waals surface area contributed by atoms with Crippen LogP contribution in [0.2, 0.25) is 0 Å². The van der Waals surface area contributed by atoms with Crippen molar-refractivity contribution in [1.29, 1.82) is 0 Å². The molecule has 7 nitrogen and oxygen atoms in total. The van der Waals surface area contributed by atoms with Crippen LogP contribution < -0.4 is 9.47 Å². The highest BCUT2D eigenvalue weighted by molar-refractivity contribution is 7.86. The summed E-state index contributed by atoms with van der Waals surface area (Å²) in [7, 11) is -0.494. The van der Waals surface area contributed by atoms with Crippen molar-refractivity contribution in [1.82, 2.24) is 9.80 Å². The number of ether oxygens (including phenoxy) is 2. The maximum Gasteiger partial charge on any atom is 0.297 e. The van der Waals surface area contributed by atoms with Crippen LogP contribution in [0.3, 0.4) is 0 Å². The minimum atomic E-state index is -3.79. The first kappa shape index (κ1) is 25.3. The van der Waals surface area contributed by atoms with Crippen LogP contribution in [-0.4, -0.2) is 64.2 Å². The normalized spacial score (nSPS) is 21.0. The highest BCUT2D eigenvalue weighted by Crippen LogP contribution is 2.29. The van der Waals surface area contributed by atoms with Crippen LogP contribution in [0.4, 0.5) is 0 Å². The third kappa shape index (κ3) is 6.07. The Kier molecular flexibility index (Phi) is 7.84. The summed E-state index contributed by atoms with van der Waals surface area (Å²) in [6.07, 6.45) is 5.94. The number of hydrogen-bond acceptors (Lipinski definition) is 7. The molecule has 1 fully saturated rings. The van der Waals surface area contributed by atoms with E-state index in [1.54, 1.807) is 38.5 Å². The minimum Gasteiger partial charge on any atom is -0.493 e. The molecule has 8 heteroatoms. The summed E-state index contributed by atoms with van der Waals surface area (Å²) in [5.41, 5.74) is 3.32. The van der Waals surface area contributed by atoms with Gasteiger partial charge in [0.25, 0.3) is 10.1 Å². The molecule has 4 rings (SSSR count). The summed E-state index contributed by atoms with van der Waals surface area (Å²) in [6, 6.07) is 13.1. The van der Waals surface area contributed by atoms with Crippen molar-refractivity contribution in [3.63, 3.8) is 0 Å². The van der Waals surface area contributed by atoms with Gasteiger partial charge in [0.1, 0.15) is 0 Å². The summed E-state index contributed by atoms with van der Waals surface area (Å²) in [6.45, 7) is 7.74. The SMILES string of the molecule is COc1ccc(CN2CCN(C3=CCC(OS(=O)(=O)c4ccc(C)cc4)C=C3)C[C@@H]2C)cc1OC. The van der Waals surface area contributed by atoms with Gasteiger partial charge in [-0.05, 0) is 56.2 Å². The standard InChI is InChI=1S/C27H34N2O5S/c1-20-5-12-25(13-6-20)35(30,31)34-24-10-8-23(9-11-24)29-16-15-28(21(2)18-29)19-22-7-14-26(32-3)27(17-22)33-4/h5-10,12-14,17,21,24H,11,15-16,18-19H2,1-4H3/t21-,24?/m0/s1. The van der Waals surface area contributed by atoms with Crippen molar-refractivity contribution in [2.24, 2.45) is 0 Å². The highest BCUT2D eigenvalue weighted by Gasteiger charge is 2.27. The van der Waals surface area contributed by atoms with Gasteiger partial charge >= 0.3 is 0 Å². The van der Waals surface area contributed by atoms with E-state index in [0.717, 1.165) is 48.9 Å². The fourth-order valence-electron chi connectivity index (χ4n) is 4.50. The number of rotatable bonds is 8. The zero-order valence-electron chi connectivity index (χ0n) is 20.8. The van der Waals surface area contributed by atoms with Gasteiger partial charge in [0, 0.05) is 37.9 Å². The lowest BCUT2D eigenvalue weighted by Crippen LogP contribution is -2.50. The van der Waals surface area contributed by atoms with E-state index in [1.807, 2.05) is 31.2 Å². The lowest BCUT2D eigenvalue weighted by Gasteiger charge is -2.42. The van der Waals surface area contributed by atoms with Gasteiger partial charge in [-0.3, -0.25) is 9.08 Å². The first-order valence-corrected chi connectivity index (χ1v) is 13.3. The van der Waals surface area contributed by atoms with Gasteiger partial charge in [-0.25, -0.2) is 0 Å². The van der Waals surface area contributed by atoms with Gasteiger partial charge in [-0.1, -0.05) is 35.9 Å². The summed E-state index contributed by atoms with van der Waals surface area (Å²) in [5, 5.41) is 0. The third-order valence-electron chi connectivity index (χ3n) is 6.56. The molecule has 2 aromatic rings. The highest BCUT2D eigenvalue weighted by atomic mass is 32.2. The average molecular weight is 499 g/mol. The first-order chi connectivity index (χ1) is 16.8. The van der Waals surface area contributed by atoms with Gasteiger partial charge in [0.2, 0.25) is 0 Å². The molecule has 0 saturated carbocycles. The van der Waals surface area contributed by atoms with E-state index < -0.39 is 16.2 Å². The monoisotopic (exact) mass is 498 g/mol. The zero-order valence-corrected chi connectivity index (χ0v) is 21.6. The van der Waals surface area contributed by atoms with Gasteiger partial charge in [-0.15, -0.1) is 0 Å². The molecule has 0 bridgehead atoms. The Labute approximate surface area is 208 Å². The lowest BCUT2D eigenvalue weighted by atomic mass is 10.1. The second kappa shape index (κ2) is 10.8. The number of benzene rings is 2. The van der Waals surface area contributed by atoms with Crippen molar-refractivity contribution >= 4 is 10.1 Å². The van der Waals surface area contributed by atoms with Gasteiger partial charge < -0.3 is 14.4 Å². The Morgan fingerprint density at radius 1 is 1.00 bits per heavy atom. The Bertz CT molecular complexity index is 1190. The summed E-state index contributed by atoms with van der Waals surface area (Å²) >= 11 is 0. The quantitative estimate of drug-likeness (QED) is 0.507. The predicted molar refractivity (Wildman–Crippen MR) is 136 cm³/mol. The molecule has 2 atom stereocenters. The van der Waals surface area contributed by atoms with E-state index in [1.165, 1.54) is 5.56 Å². The third-order valence-corrected chi connectivity index (χ3v) is 7.91. The van der Waals surface area contributed by atoms with Gasteiger partial charge in [0.15, 0.2) is 11.5 Å². The molecule has 1 saturated heterocycles. The topological polar surface area (TPSA) is 68.3 Å². The van der Waals surface area contributed by atoms with Crippen LogP contribution in [0.15, 0.2) is 71.3 Å². The molecule has 1 unspecified atom stereocenters. The number of allylic oxidation sites excluding steroid dienone is 1. The zero-order chi connectivity index (χ0) is 25.0. The molecule has 0 radical (unpaired) electrons. The molecule has 1 aliphatic heterocycles. The number of methoxy groups -OCH3 is 2. The molecule has 2 aliphatic rings. The first-order valence-electron chi connectivity index (χ1n) is 11.9. The average Bonchev–Trinajstić information content (AvgIpc) is 2.85. The molecule has 0 aromatic heterocycles. The van der Waals surface area contributed by atoms with E-state index in [4.69, 9.17) is 13.7 Å². The Morgan fingerprint density at radius 2 is 1.74 bits per heavy atom. The smallest absolute Gasteiger partial charge is 0.297 e. The summed E-state index contributed by atoms with van der Waals surface area (Å²) < 4.78 is 41.4. The number of nitrogens with zero attached hydrogens (tertiary/aromatic N) is 2. The second-order valence-electron chi connectivity index (χ2n) is 9.08. The van der Waals surface area contributed by atoms with E-state index in [9.17, 15) is 8.42 Å². The van der Waals surface area contributed by atoms with Crippen molar-refractivity contribution < 1.29 is 22.1 Å². The maximum atomic E-state index is 12.6. The van der Waals surface area contributed by atoms with Crippen LogP contribution in [0, 0.1) is 6.92 Å². The molecule has 1 aliphatic carbocycles. The van der Waals surface area contributed by atoms with Crippen LogP contribution in [0.1, 0.15) is 24.5 Å². The van der Waals surface area contributed by atoms with Crippen LogP contribution in [0.5, 0.6) is 11.5 Å². The summed E-state index contributed by atoms with van der Waals surface area (Å²) in [4.78, 5) is 5.01. The molecular formula is C27H34N2O5S. The number of hydrogen-bond donors (Lipinski definition) is 0. The van der Waals surface area contributed by atoms with Crippen molar-refractivity contribution in [3.05, 3.63) is 77.5 Å². The van der Waals surface area contributed by atoms with E-state index in [2.05, 4.69) is 28.9 Å². The molecule has 0 N–H and O–H groups in total. The van der Waals surface area contributed by atoms with E-state index in [0.29, 0.717) is 12.5 Å². The molecule has 0 spiro atoms. The minimum absolute atomic E-state index is 0.186. The van der Waals surface area contributed by atoms with Crippen LogP contribution in [-0.2, 0) is 20.8 Å². The summed E-state index contributed by atoms with van der Waals surface area (Å²) in [5.74, 6) is 1.48. The fraction of sp³-hybridized carbons (Fsp3) is 0.407. The molecule has 0 amide bonds. The molecule has 188 valence electrons. The maximum absolute atomic E-state index is 12.6. The van der Waals surface area contributed by atoms with E-state index >= 15 is 0 Å². The molecular weight excluding hydrogens is 464 g/mol. The molecule has 2 aromatic carbocycles. The van der Waals surface area contributed by atoms with Crippen molar-refractivity contribution in [2.45, 2.75) is 43.9 Å². The Hall–Kier alpha value is -2.81. The molecule has 1 heterocycles. The van der Waals surface area contributed by atoms with Gasteiger partial charge in [0.05, 0.1) is 25.2 Å². The lowest BCUT2D eigenvalue weighted by molar-refractivity contribution is 0.0991. The predicted octanol–water partition coefficient (Wildman–Crippen LogP) is 4.14.